The van der Waals surface area contributed by atoms with E-state index in [2.05, 4.69) is 20.3 Å². The zero-order valence-corrected chi connectivity index (χ0v) is 16.2. The number of aromatic nitrogens is 3. The zero-order valence-electron chi connectivity index (χ0n) is 15.5. The van der Waals surface area contributed by atoms with E-state index < -0.39 is 5.82 Å². The maximum atomic E-state index is 14.5. The summed E-state index contributed by atoms with van der Waals surface area (Å²) in [6, 6.07) is 13.7. The molecule has 0 bridgehead atoms. The molecule has 0 unspecified atom stereocenters. The maximum absolute atomic E-state index is 14.5. The van der Waals surface area contributed by atoms with E-state index in [-0.39, 0.29) is 12.3 Å². The molecule has 4 rings (SSSR count). The zero-order chi connectivity index (χ0) is 20.4. The number of fused-ring (bicyclic) bond motifs is 1. The van der Waals surface area contributed by atoms with Gasteiger partial charge in [0.15, 0.2) is 0 Å². The highest BCUT2D eigenvalue weighted by Crippen LogP contribution is 2.35. The van der Waals surface area contributed by atoms with Crippen LogP contribution < -0.4 is 5.32 Å². The van der Waals surface area contributed by atoms with Crippen LogP contribution in [0.15, 0.2) is 61.1 Å². The fraction of sp³-hybridized carbons (Fsp3) is 0.0909. The van der Waals surface area contributed by atoms with Gasteiger partial charge in [-0.2, -0.15) is 0 Å². The fourth-order valence-electron chi connectivity index (χ4n) is 3.11. The summed E-state index contributed by atoms with van der Waals surface area (Å²) in [5.41, 5.74) is 3.11. The molecule has 0 fully saturated rings. The van der Waals surface area contributed by atoms with E-state index in [0.717, 1.165) is 22.0 Å². The van der Waals surface area contributed by atoms with Crippen molar-refractivity contribution >= 4 is 34.1 Å². The minimum absolute atomic E-state index is 0.00102. The number of Topliss-reactive ketones (excluding diaryl/α,β-unsaturated/α-hetero) is 1. The largest absolute Gasteiger partial charge is 0.362 e. The number of rotatable bonds is 5. The smallest absolute Gasteiger partial charge is 0.148 e. The van der Waals surface area contributed by atoms with Gasteiger partial charge in [0.1, 0.15) is 23.7 Å². The van der Waals surface area contributed by atoms with Crippen molar-refractivity contribution in [1.82, 2.24) is 15.0 Å². The molecular formula is C22H16ClFN4O. The Morgan fingerprint density at radius 3 is 2.76 bits per heavy atom. The lowest BCUT2D eigenvalue weighted by Crippen LogP contribution is -2.11. The Kier molecular flexibility index (Phi) is 5.18. The molecule has 0 amide bonds. The van der Waals surface area contributed by atoms with Gasteiger partial charge in [-0.1, -0.05) is 23.7 Å². The summed E-state index contributed by atoms with van der Waals surface area (Å²) in [5.74, 6) is 0.160. The molecule has 144 valence electrons. The lowest BCUT2D eigenvalue weighted by Gasteiger charge is -2.12. The Morgan fingerprint density at radius 2 is 1.93 bits per heavy atom. The van der Waals surface area contributed by atoms with Gasteiger partial charge in [-0.05, 0) is 48.9 Å². The second-order valence-corrected chi connectivity index (χ2v) is 6.97. The van der Waals surface area contributed by atoms with Gasteiger partial charge in [-0.25, -0.2) is 14.4 Å². The summed E-state index contributed by atoms with van der Waals surface area (Å²) >= 11 is 6.08. The monoisotopic (exact) mass is 406 g/mol. The highest BCUT2D eigenvalue weighted by molar-refractivity contribution is 6.30. The number of pyridine rings is 1. The summed E-state index contributed by atoms with van der Waals surface area (Å²) in [5, 5.41) is 4.22. The number of ketones is 1. The summed E-state index contributed by atoms with van der Waals surface area (Å²) < 4.78 is 14.5. The lowest BCUT2D eigenvalue weighted by atomic mass is 9.98. The van der Waals surface area contributed by atoms with E-state index in [0.29, 0.717) is 22.1 Å². The third-order valence-corrected chi connectivity index (χ3v) is 4.68. The van der Waals surface area contributed by atoms with E-state index in [9.17, 15) is 9.18 Å². The summed E-state index contributed by atoms with van der Waals surface area (Å²) in [6.07, 6.45) is 3.06. The highest BCUT2D eigenvalue weighted by Gasteiger charge is 2.14. The van der Waals surface area contributed by atoms with Crippen LogP contribution in [0.25, 0.3) is 33.3 Å². The van der Waals surface area contributed by atoms with Crippen molar-refractivity contribution in [3.63, 3.8) is 0 Å². The Balaban J connectivity index is 1.87. The standard InChI is InChI=1S/C22H16ClFN4O/c1-13(29)11-26-22-18-9-14(4-7-20(18)27-12-28-22)16-3-2-8-25-21(16)17-10-15(23)5-6-19(17)24/h2-10,12H,11H2,1H3,(H,26,27,28). The van der Waals surface area contributed by atoms with Gasteiger partial charge in [-0.3, -0.25) is 9.78 Å². The van der Waals surface area contributed by atoms with Crippen LogP contribution in [-0.4, -0.2) is 27.3 Å². The number of anilines is 1. The first kappa shape index (κ1) is 19.0. The first-order valence-electron chi connectivity index (χ1n) is 8.92. The maximum Gasteiger partial charge on any atom is 0.148 e. The SMILES string of the molecule is CC(=O)CNc1ncnc2ccc(-c3cccnc3-c3cc(Cl)ccc3F)cc12. The van der Waals surface area contributed by atoms with Gasteiger partial charge in [-0.15, -0.1) is 0 Å². The van der Waals surface area contributed by atoms with Gasteiger partial charge in [0.05, 0.1) is 17.8 Å². The van der Waals surface area contributed by atoms with Crippen LogP contribution in [0, 0.1) is 5.82 Å². The topological polar surface area (TPSA) is 67.8 Å². The molecule has 1 N–H and O–H groups in total. The average molecular weight is 407 g/mol. The van der Waals surface area contributed by atoms with Crippen molar-refractivity contribution in [2.75, 3.05) is 11.9 Å². The third kappa shape index (κ3) is 3.93. The number of benzene rings is 2. The van der Waals surface area contributed by atoms with Gasteiger partial charge in [0.2, 0.25) is 0 Å². The van der Waals surface area contributed by atoms with E-state index in [4.69, 9.17) is 11.6 Å². The van der Waals surface area contributed by atoms with E-state index in [1.54, 1.807) is 18.3 Å². The first-order valence-corrected chi connectivity index (χ1v) is 9.29. The van der Waals surface area contributed by atoms with Crippen LogP contribution >= 0.6 is 11.6 Å². The Morgan fingerprint density at radius 1 is 1.07 bits per heavy atom. The summed E-state index contributed by atoms with van der Waals surface area (Å²) in [6.45, 7) is 1.67. The normalized spacial score (nSPS) is 10.9. The van der Waals surface area contributed by atoms with Crippen molar-refractivity contribution in [2.24, 2.45) is 0 Å². The average Bonchev–Trinajstić information content (AvgIpc) is 2.73. The predicted molar refractivity (Wildman–Crippen MR) is 112 cm³/mol. The molecular weight excluding hydrogens is 391 g/mol. The lowest BCUT2D eigenvalue weighted by molar-refractivity contribution is -0.115. The Bertz CT molecular complexity index is 1230. The minimum atomic E-state index is -0.401. The van der Waals surface area contributed by atoms with E-state index in [1.165, 1.54) is 25.4 Å². The molecule has 7 heteroatoms. The molecule has 29 heavy (non-hydrogen) atoms. The van der Waals surface area contributed by atoms with E-state index >= 15 is 0 Å². The van der Waals surface area contributed by atoms with Crippen molar-refractivity contribution in [2.45, 2.75) is 6.92 Å². The molecule has 5 nitrogen and oxygen atoms in total. The summed E-state index contributed by atoms with van der Waals surface area (Å²) in [4.78, 5) is 24.3. The molecule has 0 aliphatic carbocycles. The van der Waals surface area contributed by atoms with Crippen LogP contribution in [0.3, 0.4) is 0 Å². The fourth-order valence-corrected chi connectivity index (χ4v) is 3.28. The van der Waals surface area contributed by atoms with Crippen LogP contribution in [0.1, 0.15) is 6.92 Å². The molecule has 2 aromatic carbocycles. The van der Waals surface area contributed by atoms with Gasteiger partial charge in [0, 0.05) is 27.7 Å². The van der Waals surface area contributed by atoms with Crippen molar-refractivity contribution in [1.29, 1.82) is 0 Å². The molecule has 0 spiro atoms. The molecule has 0 saturated heterocycles. The molecule has 2 heterocycles. The minimum Gasteiger partial charge on any atom is -0.362 e. The van der Waals surface area contributed by atoms with Gasteiger partial charge in [0.25, 0.3) is 0 Å². The molecule has 2 aromatic heterocycles. The molecule has 0 saturated carbocycles. The van der Waals surface area contributed by atoms with Crippen molar-refractivity contribution < 1.29 is 9.18 Å². The van der Waals surface area contributed by atoms with Gasteiger partial charge < -0.3 is 5.32 Å². The van der Waals surface area contributed by atoms with Crippen LogP contribution in [0.4, 0.5) is 10.2 Å². The quantitative estimate of drug-likeness (QED) is 0.496. The molecule has 4 aromatic rings. The number of carbonyl (C=O) groups excluding carboxylic acids is 1. The van der Waals surface area contributed by atoms with Crippen LogP contribution in [0.2, 0.25) is 5.02 Å². The third-order valence-electron chi connectivity index (χ3n) is 4.44. The second-order valence-electron chi connectivity index (χ2n) is 6.53. The summed E-state index contributed by atoms with van der Waals surface area (Å²) in [7, 11) is 0. The second kappa shape index (κ2) is 7.93. The molecule has 0 aliphatic heterocycles. The number of nitrogens with zero attached hydrogens (tertiary/aromatic N) is 3. The number of nitrogens with one attached hydrogen (secondary N) is 1. The molecule has 0 radical (unpaired) electrons. The van der Waals surface area contributed by atoms with Crippen LogP contribution in [-0.2, 0) is 4.79 Å². The van der Waals surface area contributed by atoms with Crippen LogP contribution in [0.5, 0.6) is 0 Å². The molecule has 0 atom stereocenters. The van der Waals surface area contributed by atoms with Crippen molar-refractivity contribution in [3.8, 4) is 22.4 Å². The molecule has 0 aliphatic rings. The van der Waals surface area contributed by atoms with E-state index in [1.807, 2.05) is 24.3 Å². The highest BCUT2D eigenvalue weighted by atomic mass is 35.5. The number of carbonyl (C=O) groups is 1. The van der Waals surface area contributed by atoms with Gasteiger partial charge >= 0.3 is 0 Å². The first-order chi connectivity index (χ1) is 14.0. The number of hydrogen-bond donors (Lipinski definition) is 1. The number of hydrogen-bond acceptors (Lipinski definition) is 5. The number of halogens is 2. The Hall–Kier alpha value is -3.38. The van der Waals surface area contributed by atoms with Crippen molar-refractivity contribution in [3.05, 3.63) is 71.9 Å². The predicted octanol–water partition coefficient (Wildman–Crippen LogP) is 5.15. The Labute approximate surface area is 171 Å².